The fraction of sp³-hybridized carbons (Fsp3) is 0.500. The predicted molar refractivity (Wildman–Crippen MR) is 81.9 cm³/mol. The topological polar surface area (TPSA) is 70.6 Å². The molecule has 0 radical (unpaired) electrons. The quantitative estimate of drug-likeness (QED) is 0.742. The molecule has 0 heterocycles. The van der Waals surface area contributed by atoms with Crippen molar-refractivity contribution >= 4 is 22.0 Å². The minimum absolute atomic E-state index is 0.0580. The van der Waals surface area contributed by atoms with Crippen LogP contribution in [0.3, 0.4) is 0 Å². The average Bonchev–Trinajstić information content (AvgIpc) is 2.38. The van der Waals surface area contributed by atoms with E-state index in [1.165, 1.54) is 0 Å². The lowest BCUT2D eigenvalue weighted by atomic mass is 10.1. The van der Waals surface area contributed by atoms with Gasteiger partial charge in [0.2, 0.25) is 0 Å². The summed E-state index contributed by atoms with van der Waals surface area (Å²) in [5.74, 6) is 0.752. The number of urea groups is 1. The maximum Gasteiger partial charge on any atom is 0.315 e. The van der Waals surface area contributed by atoms with E-state index < -0.39 is 0 Å². The Labute approximate surface area is 127 Å². The fourth-order valence-corrected chi connectivity index (χ4v) is 2.32. The Bertz CT molecular complexity index is 454. The number of rotatable bonds is 6. The fourth-order valence-electron chi connectivity index (χ4n) is 1.76. The molecule has 0 spiro atoms. The summed E-state index contributed by atoms with van der Waals surface area (Å²) >= 11 is 3.42. The average molecular weight is 345 g/mol. The predicted octanol–water partition coefficient (Wildman–Crippen LogP) is 2.59. The third kappa shape index (κ3) is 5.02. The summed E-state index contributed by atoms with van der Waals surface area (Å²) in [5, 5.41) is 14.4. The molecule has 1 rings (SSSR count). The second kappa shape index (κ2) is 8.11. The number of aliphatic hydroxyl groups excluding tert-OH is 1. The van der Waals surface area contributed by atoms with Gasteiger partial charge in [-0.2, -0.15) is 0 Å². The van der Waals surface area contributed by atoms with Gasteiger partial charge in [-0.3, -0.25) is 0 Å². The molecular weight excluding hydrogens is 324 g/mol. The number of nitrogens with one attached hydrogen (secondary N) is 2. The van der Waals surface area contributed by atoms with Gasteiger partial charge in [-0.05, 0) is 53.9 Å². The van der Waals surface area contributed by atoms with E-state index in [-0.39, 0.29) is 24.7 Å². The van der Waals surface area contributed by atoms with Crippen LogP contribution in [0.5, 0.6) is 5.75 Å². The number of methoxy groups -OCH3 is 1. The number of benzene rings is 1. The second-order valence-electron chi connectivity index (χ2n) is 4.65. The Hall–Kier alpha value is -1.27. The standard InChI is InChI=1S/C14H21BrN2O3/c1-9(6-7-18)16-14(19)17-10(2)11-4-5-13(20-3)12(15)8-11/h4-5,8-10,18H,6-7H2,1-3H3,(H2,16,17,19)/t9-,10?/m1/s1. The molecule has 0 bridgehead atoms. The number of hydrogen-bond donors (Lipinski definition) is 3. The lowest BCUT2D eigenvalue weighted by molar-refractivity contribution is 0.228. The van der Waals surface area contributed by atoms with E-state index >= 15 is 0 Å². The van der Waals surface area contributed by atoms with Crippen molar-refractivity contribution in [1.82, 2.24) is 10.6 Å². The Morgan fingerprint density at radius 3 is 2.65 bits per heavy atom. The van der Waals surface area contributed by atoms with Crippen LogP contribution in [0.1, 0.15) is 31.9 Å². The molecule has 3 N–H and O–H groups in total. The molecule has 112 valence electrons. The van der Waals surface area contributed by atoms with Gasteiger partial charge >= 0.3 is 6.03 Å². The normalized spacial score (nSPS) is 13.4. The number of hydrogen-bond acceptors (Lipinski definition) is 3. The minimum Gasteiger partial charge on any atom is -0.496 e. The van der Waals surface area contributed by atoms with Crippen molar-refractivity contribution in [2.75, 3.05) is 13.7 Å². The first-order valence-electron chi connectivity index (χ1n) is 6.49. The van der Waals surface area contributed by atoms with Crippen molar-refractivity contribution in [2.45, 2.75) is 32.4 Å². The molecule has 0 aliphatic carbocycles. The molecule has 0 saturated heterocycles. The molecule has 1 aromatic rings. The third-order valence-corrected chi connectivity index (χ3v) is 3.58. The SMILES string of the molecule is COc1ccc(C(C)NC(=O)N[C@H](C)CCO)cc1Br. The van der Waals surface area contributed by atoms with Crippen molar-refractivity contribution in [3.63, 3.8) is 0 Å². The molecule has 2 atom stereocenters. The van der Waals surface area contributed by atoms with E-state index in [0.717, 1.165) is 15.8 Å². The molecule has 0 aliphatic rings. The highest BCUT2D eigenvalue weighted by atomic mass is 79.9. The Balaban J connectivity index is 2.60. The zero-order chi connectivity index (χ0) is 15.1. The first-order valence-corrected chi connectivity index (χ1v) is 7.28. The summed E-state index contributed by atoms with van der Waals surface area (Å²) < 4.78 is 6.02. The molecule has 0 aliphatic heterocycles. The van der Waals surface area contributed by atoms with Crippen LogP contribution in [0.25, 0.3) is 0 Å². The highest BCUT2D eigenvalue weighted by Gasteiger charge is 2.12. The summed E-state index contributed by atoms with van der Waals surface area (Å²) in [6.45, 7) is 3.82. The summed E-state index contributed by atoms with van der Waals surface area (Å²) in [6, 6.07) is 5.25. The first-order chi connectivity index (χ1) is 9.47. The van der Waals surface area contributed by atoms with Crippen LogP contribution in [-0.2, 0) is 0 Å². The second-order valence-corrected chi connectivity index (χ2v) is 5.50. The highest BCUT2D eigenvalue weighted by molar-refractivity contribution is 9.10. The van der Waals surface area contributed by atoms with Gasteiger partial charge in [0.05, 0.1) is 17.6 Å². The number of aliphatic hydroxyl groups is 1. The molecule has 5 nitrogen and oxygen atoms in total. The van der Waals surface area contributed by atoms with Crippen molar-refractivity contribution in [1.29, 1.82) is 0 Å². The lowest BCUT2D eigenvalue weighted by Crippen LogP contribution is -2.42. The molecule has 0 saturated carbocycles. The van der Waals surface area contributed by atoms with Crippen LogP contribution in [0.15, 0.2) is 22.7 Å². The van der Waals surface area contributed by atoms with Crippen molar-refractivity contribution in [2.24, 2.45) is 0 Å². The van der Waals surface area contributed by atoms with Gasteiger partial charge in [-0.1, -0.05) is 6.07 Å². The molecular formula is C14H21BrN2O3. The minimum atomic E-state index is -0.245. The number of halogens is 1. The van der Waals surface area contributed by atoms with Gasteiger partial charge in [0.1, 0.15) is 5.75 Å². The van der Waals surface area contributed by atoms with Crippen LogP contribution in [0.4, 0.5) is 4.79 Å². The van der Waals surface area contributed by atoms with Crippen LogP contribution < -0.4 is 15.4 Å². The summed E-state index contributed by atoms with van der Waals surface area (Å²) in [6.07, 6.45) is 0.538. The van der Waals surface area contributed by atoms with E-state index in [2.05, 4.69) is 26.6 Å². The van der Waals surface area contributed by atoms with Crippen LogP contribution in [-0.4, -0.2) is 30.9 Å². The first kappa shape index (κ1) is 16.8. The zero-order valence-corrected chi connectivity index (χ0v) is 13.5. The number of carbonyl (C=O) groups is 1. The maximum absolute atomic E-state index is 11.8. The molecule has 2 amide bonds. The van der Waals surface area contributed by atoms with Crippen molar-refractivity contribution < 1.29 is 14.6 Å². The van der Waals surface area contributed by atoms with E-state index in [4.69, 9.17) is 9.84 Å². The number of carbonyl (C=O) groups excluding carboxylic acids is 1. The Morgan fingerprint density at radius 2 is 2.10 bits per heavy atom. The van der Waals surface area contributed by atoms with Gasteiger partial charge in [0.25, 0.3) is 0 Å². The molecule has 20 heavy (non-hydrogen) atoms. The monoisotopic (exact) mass is 344 g/mol. The van der Waals surface area contributed by atoms with Crippen molar-refractivity contribution in [3.8, 4) is 5.75 Å². The van der Waals surface area contributed by atoms with Gasteiger partial charge in [-0.25, -0.2) is 4.79 Å². The highest BCUT2D eigenvalue weighted by Crippen LogP contribution is 2.27. The van der Waals surface area contributed by atoms with Crippen LogP contribution >= 0.6 is 15.9 Å². The van der Waals surface area contributed by atoms with E-state index in [1.807, 2.05) is 32.0 Å². The Morgan fingerprint density at radius 1 is 1.40 bits per heavy atom. The Kier molecular flexibility index (Phi) is 6.81. The van der Waals surface area contributed by atoms with Gasteiger partial charge in [0, 0.05) is 12.6 Å². The molecule has 0 aromatic heterocycles. The summed E-state index contributed by atoms with van der Waals surface area (Å²) in [5.41, 5.74) is 0.975. The maximum atomic E-state index is 11.8. The van der Waals surface area contributed by atoms with E-state index in [0.29, 0.717) is 6.42 Å². The third-order valence-electron chi connectivity index (χ3n) is 2.96. The molecule has 0 fully saturated rings. The van der Waals surface area contributed by atoms with Crippen molar-refractivity contribution in [3.05, 3.63) is 28.2 Å². The van der Waals surface area contributed by atoms with E-state index in [9.17, 15) is 4.79 Å². The van der Waals surface area contributed by atoms with Crippen LogP contribution in [0, 0.1) is 0 Å². The smallest absolute Gasteiger partial charge is 0.315 e. The molecule has 1 aromatic carbocycles. The van der Waals surface area contributed by atoms with Gasteiger partial charge in [0.15, 0.2) is 0 Å². The van der Waals surface area contributed by atoms with E-state index in [1.54, 1.807) is 7.11 Å². The molecule has 1 unspecified atom stereocenters. The van der Waals surface area contributed by atoms with Gasteiger partial charge < -0.3 is 20.5 Å². The largest absolute Gasteiger partial charge is 0.496 e. The zero-order valence-electron chi connectivity index (χ0n) is 11.9. The summed E-state index contributed by atoms with van der Waals surface area (Å²) in [4.78, 5) is 11.8. The molecule has 6 heteroatoms. The van der Waals surface area contributed by atoms with Gasteiger partial charge in [-0.15, -0.1) is 0 Å². The lowest BCUT2D eigenvalue weighted by Gasteiger charge is -2.18. The summed E-state index contributed by atoms with van der Waals surface area (Å²) in [7, 11) is 1.61. The number of ether oxygens (including phenoxy) is 1. The number of amides is 2. The van der Waals surface area contributed by atoms with Crippen LogP contribution in [0.2, 0.25) is 0 Å².